The Morgan fingerprint density at radius 3 is 2.93 bits per heavy atom. The minimum atomic E-state index is 0.751. The van der Waals surface area contributed by atoms with Gasteiger partial charge in [0.25, 0.3) is 0 Å². The second-order valence-corrected chi connectivity index (χ2v) is 4.04. The van der Waals surface area contributed by atoms with Gasteiger partial charge in [-0.05, 0) is 24.1 Å². The van der Waals surface area contributed by atoms with Crippen LogP contribution in [0.15, 0.2) is 35.3 Å². The van der Waals surface area contributed by atoms with Crippen LogP contribution in [0.5, 0.6) is 0 Å². The van der Waals surface area contributed by atoms with Gasteiger partial charge in [-0.2, -0.15) is 5.10 Å². The molecule has 14 heavy (non-hydrogen) atoms. The number of hydrogen-bond donors (Lipinski definition) is 0. The van der Waals surface area contributed by atoms with E-state index in [1.54, 1.807) is 17.3 Å². The summed E-state index contributed by atoms with van der Waals surface area (Å²) in [7, 11) is 0. The van der Waals surface area contributed by atoms with Gasteiger partial charge in [-0.3, -0.25) is 0 Å². The van der Waals surface area contributed by atoms with Gasteiger partial charge < -0.3 is 0 Å². The van der Waals surface area contributed by atoms with Crippen LogP contribution in [0.2, 0.25) is 0 Å². The van der Waals surface area contributed by atoms with Crippen LogP contribution in [0.3, 0.4) is 0 Å². The van der Waals surface area contributed by atoms with Gasteiger partial charge in [-0.1, -0.05) is 28.1 Å². The van der Waals surface area contributed by atoms with Gasteiger partial charge in [0, 0.05) is 4.47 Å². The Morgan fingerprint density at radius 1 is 1.43 bits per heavy atom. The largest absolute Gasteiger partial charge is 0.249 e. The summed E-state index contributed by atoms with van der Waals surface area (Å²) in [5.74, 6) is 0. The molecule has 4 heteroatoms. The average Bonchev–Trinajstić information content (AvgIpc) is 2.62. The van der Waals surface area contributed by atoms with Crippen molar-refractivity contribution in [2.24, 2.45) is 0 Å². The van der Waals surface area contributed by atoms with Crippen molar-refractivity contribution in [3.8, 4) is 0 Å². The van der Waals surface area contributed by atoms with Crippen molar-refractivity contribution in [3.05, 3.63) is 46.5 Å². The molecule has 0 amide bonds. The van der Waals surface area contributed by atoms with E-state index in [4.69, 9.17) is 0 Å². The van der Waals surface area contributed by atoms with E-state index in [1.165, 1.54) is 11.1 Å². The Labute approximate surface area is 90.9 Å². The molecule has 0 atom stereocenters. The molecule has 0 aliphatic heterocycles. The summed E-state index contributed by atoms with van der Waals surface area (Å²) in [5, 5.41) is 4.06. The van der Waals surface area contributed by atoms with Crippen LogP contribution < -0.4 is 0 Å². The third kappa shape index (κ3) is 2.01. The summed E-state index contributed by atoms with van der Waals surface area (Å²) >= 11 is 3.53. The zero-order valence-electron chi connectivity index (χ0n) is 7.81. The Balaban J connectivity index is 2.25. The highest BCUT2D eigenvalue weighted by Gasteiger charge is 2.00. The predicted octanol–water partition coefficient (Wildman–Crippen LogP) is 2.40. The minimum Gasteiger partial charge on any atom is -0.249 e. The lowest BCUT2D eigenvalue weighted by molar-refractivity contribution is 0.683. The van der Waals surface area contributed by atoms with Crippen molar-refractivity contribution in [2.75, 3.05) is 0 Å². The van der Waals surface area contributed by atoms with Gasteiger partial charge >= 0.3 is 0 Å². The lowest BCUT2D eigenvalue weighted by Crippen LogP contribution is -2.00. The van der Waals surface area contributed by atoms with E-state index in [0.717, 1.165) is 11.0 Å². The number of aromatic nitrogens is 3. The van der Waals surface area contributed by atoms with Crippen molar-refractivity contribution in [3.63, 3.8) is 0 Å². The molecule has 0 bridgehead atoms. The quantitative estimate of drug-likeness (QED) is 0.821. The molecule has 72 valence electrons. The Bertz CT molecular complexity index is 423. The first kappa shape index (κ1) is 9.40. The number of nitrogens with zero attached hydrogens (tertiary/aromatic N) is 3. The van der Waals surface area contributed by atoms with Gasteiger partial charge in [0.15, 0.2) is 0 Å². The lowest BCUT2D eigenvalue weighted by Gasteiger charge is -2.04. The maximum Gasteiger partial charge on any atom is 0.137 e. The molecule has 1 aromatic heterocycles. The van der Waals surface area contributed by atoms with Gasteiger partial charge in [-0.25, -0.2) is 9.67 Å². The topological polar surface area (TPSA) is 30.7 Å². The van der Waals surface area contributed by atoms with Crippen molar-refractivity contribution in [1.29, 1.82) is 0 Å². The van der Waals surface area contributed by atoms with E-state index < -0.39 is 0 Å². The fourth-order valence-corrected chi connectivity index (χ4v) is 1.89. The first-order valence-corrected chi connectivity index (χ1v) is 5.12. The molecule has 3 nitrogen and oxygen atoms in total. The molecule has 0 N–H and O–H groups in total. The minimum absolute atomic E-state index is 0.751. The molecule has 0 radical (unpaired) electrons. The first-order valence-electron chi connectivity index (χ1n) is 4.33. The zero-order valence-corrected chi connectivity index (χ0v) is 9.40. The Kier molecular flexibility index (Phi) is 2.63. The Morgan fingerprint density at radius 2 is 2.29 bits per heavy atom. The number of aryl methyl sites for hydroxylation is 1. The standard InChI is InChI=1S/C10H10BrN3/c1-8-2-3-9(10(11)4-8)5-14-7-12-6-13-14/h2-4,6-7H,5H2,1H3. The van der Waals surface area contributed by atoms with E-state index in [0.29, 0.717) is 0 Å². The van der Waals surface area contributed by atoms with Crippen LogP contribution in [-0.2, 0) is 6.54 Å². The SMILES string of the molecule is Cc1ccc(Cn2cncn2)c(Br)c1. The third-order valence-corrected chi connectivity index (χ3v) is 2.75. The molecule has 0 unspecified atom stereocenters. The number of rotatable bonds is 2. The fourth-order valence-electron chi connectivity index (χ4n) is 1.27. The molecular weight excluding hydrogens is 242 g/mol. The van der Waals surface area contributed by atoms with Crippen molar-refractivity contribution >= 4 is 15.9 Å². The summed E-state index contributed by atoms with van der Waals surface area (Å²) in [5.41, 5.74) is 2.46. The van der Waals surface area contributed by atoms with E-state index >= 15 is 0 Å². The van der Waals surface area contributed by atoms with E-state index in [1.807, 2.05) is 0 Å². The van der Waals surface area contributed by atoms with Gasteiger partial charge in [0.1, 0.15) is 12.7 Å². The molecule has 1 heterocycles. The van der Waals surface area contributed by atoms with E-state index in [2.05, 4.69) is 51.1 Å². The van der Waals surface area contributed by atoms with E-state index in [9.17, 15) is 0 Å². The van der Waals surface area contributed by atoms with E-state index in [-0.39, 0.29) is 0 Å². The van der Waals surface area contributed by atoms with Crippen molar-refractivity contribution in [1.82, 2.24) is 14.8 Å². The third-order valence-electron chi connectivity index (χ3n) is 2.01. The second kappa shape index (κ2) is 3.92. The summed E-state index contributed by atoms with van der Waals surface area (Å²) in [4.78, 5) is 3.90. The van der Waals surface area contributed by atoms with Crippen LogP contribution in [0, 0.1) is 6.92 Å². The maximum atomic E-state index is 4.06. The fraction of sp³-hybridized carbons (Fsp3) is 0.200. The molecule has 0 fully saturated rings. The molecule has 2 rings (SSSR count). The summed E-state index contributed by atoms with van der Waals surface area (Å²) in [6.45, 7) is 2.82. The average molecular weight is 252 g/mol. The number of hydrogen-bond acceptors (Lipinski definition) is 2. The predicted molar refractivity (Wildman–Crippen MR) is 58.0 cm³/mol. The second-order valence-electron chi connectivity index (χ2n) is 3.19. The number of benzene rings is 1. The van der Waals surface area contributed by atoms with Crippen LogP contribution in [0.4, 0.5) is 0 Å². The summed E-state index contributed by atoms with van der Waals surface area (Å²) < 4.78 is 2.92. The van der Waals surface area contributed by atoms with Crippen LogP contribution in [0.25, 0.3) is 0 Å². The van der Waals surface area contributed by atoms with Crippen molar-refractivity contribution < 1.29 is 0 Å². The molecular formula is C10H10BrN3. The smallest absolute Gasteiger partial charge is 0.137 e. The number of halogens is 1. The molecule has 0 saturated carbocycles. The highest BCUT2D eigenvalue weighted by molar-refractivity contribution is 9.10. The molecule has 2 aromatic rings. The summed E-state index contributed by atoms with van der Waals surface area (Å²) in [6, 6.07) is 6.30. The van der Waals surface area contributed by atoms with Crippen molar-refractivity contribution in [2.45, 2.75) is 13.5 Å². The van der Waals surface area contributed by atoms with Crippen LogP contribution >= 0.6 is 15.9 Å². The normalized spacial score (nSPS) is 10.4. The maximum absolute atomic E-state index is 4.06. The molecule has 0 aliphatic carbocycles. The molecule has 0 saturated heterocycles. The van der Waals surface area contributed by atoms with Gasteiger partial charge in [-0.15, -0.1) is 0 Å². The van der Waals surface area contributed by atoms with Crippen LogP contribution in [-0.4, -0.2) is 14.8 Å². The molecule has 1 aromatic carbocycles. The Hall–Kier alpha value is -1.16. The highest BCUT2D eigenvalue weighted by Crippen LogP contribution is 2.18. The summed E-state index contributed by atoms with van der Waals surface area (Å²) in [6.07, 6.45) is 3.26. The van der Waals surface area contributed by atoms with Crippen LogP contribution in [0.1, 0.15) is 11.1 Å². The van der Waals surface area contributed by atoms with Gasteiger partial charge in [0.05, 0.1) is 6.54 Å². The van der Waals surface area contributed by atoms with Gasteiger partial charge in [0.2, 0.25) is 0 Å². The molecule has 0 aliphatic rings. The molecule has 0 spiro atoms. The highest BCUT2D eigenvalue weighted by atomic mass is 79.9. The monoisotopic (exact) mass is 251 g/mol. The zero-order chi connectivity index (χ0) is 9.97. The lowest BCUT2D eigenvalue weighted by atomic mass is 10.1. The first-order chi connectivity index (χ1) is 6.75.